The first-order valence-corrected chi connectivity index (χ1v) is 7.90. The molecule has 0 aliphatic heterocycles. The summed E-state index contributed by atoms with van der Waals surface area (Å²) in [7, 11) is 3.29. The lowest BCUT2D eigenvalue weighted by atomic mass is 10.0. The molecule has 2 rings (SSSR count). The molecule has 0 aliphatic carbocycles. The van der Waals surface area contributed by atoms with Crippen LogP contribution in [0.15, 0.2) is 40.9 Å². The number of alkyl halides is 1. The minimum Gasteiger partial charge on any atom is -0.493 e. The number of methoxy groups -OCH3 is 2. The van der Waals surface area contributed by atoms with Gasteiger partial charge in [0.1, 0.15) is 0 Å². The smallest absolute Gasteiger partial charge is 0.161 e. The maximum atomic E-state index is 5.36. The third kappa shape index (κ3) is 3.01. The Morgan fingerprint density at radius 1 is 1.00 bits per heavy atom. The zero-order chi connectivity index (χ0) is 14.7. The van der Waals surface area contributed by atoms with Crippen LogP contribution in [0.3, 0.4) is 0 Å². The van der Waals surface area contributed by atoms with Crippen molar-refractivity contribution in [1.82, 2.24) is 0 Å². The first-order valence-electron chi connectivity index (χ1n) is 6.19. The number of ether oxygens (including phenoxy) is 2. The minimum atomic E-state index is 0.0941. The zero-order valence-electron chi connectivity index (χ0n) is 11.6. The van der Waals surface area contributed by atoms with E-state index in [9.17, 15) is 0 Å². The number of hydrogen-bond acceptors (Lipinski definition) is 2. The molecule has 0 N–H and O–H groups in total. The lowest BCUT2D eigenvalue weighted by molar-refractivity contribution is 0.354. The van der Waals surface area contributed by atoms with Gasteiger partial charge in [0.05, 0.1) is 19.0 Å². The van der Waals surface area contributed by atoms with Crippen LogP contribution in [-0.4, -0.2) is 14.2 Å². The molecule has 1 unspecified atom stereocenters. The van der Waals surface area contributed by atoms with Crippen LogP contribution in [0.25, 0.3) is 0 Å². The maximum absolute atomic E-state index is 5.36. The van der Waals surface area contributed by atoms with Crippen molar-refractivity contribution in [2.24, 2.45) is 0 Å². The molecular formula is C16H16Br2O2. The number of rotatable bonds is 4. The molecule has 0 saturated heterocycles. The highest BCUT2D eigenvalue weighted by atomic mass is 79.9. The highest BCUT2D eigenvalue weighted by Gasteiger charge is 2.16. The predicted molar refractivity (Wildman–Crippen MR) is 89.2 cm³/mol. The van der Waals surface area contributed by atoms with Gasteiger partial charge in [-0.05, 0) is 35.7 Å². The van der Waals surface area contributed by atoms with Crippen molar-refractivity contribution in [2.45, 2.75) is 11.8 Å². The van der Waals surface area contributed by atoms with Crippen LogP contribution in [0.1, 0.15) is 21.5 Å². The average Bonchev–Trinajstić information content (AvgIpc) is 2.48. The average molecular weight is 400 g/mol. The molecule has 2 aromatic carbocycles. The fourth-order valence-electron chi connectivity index (χ4n) is 2.06. The molecule has 2 aromatic rings. The van der Waals surface area contributed by atoms with Crippen LogP contribution in [0.4, 0.5) is 0 Å². The van der Waals surface area contributed by atoms with Crippen molar-refractivity contribution < 1.29 is 9.47 Å². The van der Waals surface area contributed by atoms with E-state index in [0.29, 0.717) is 0 Å². The first-order chi connectivity index (χ1) is 9.58. The summed E-state index contributed by atoms with van der Waals surface area (Å²) in [5.41, 5.74) is 3.53. The second-order valence-electron chi connectivity index (χ2n) is 4.46. The van der Waals surface area contributed by atoms with Crippen LogP contribution in [0.2, 0.25) is 0 Å². The maximum Gasteiger partial charge on any atom is 0.161 e. The molecule has 106 valence electrons. The lowest BCUT2D eigenvalue weighted by Gasteiger charge is -2.16. The molecule has 0 fully saturated rings. The molecule has 0 bridgehead atoms. The van der Waals surface area contributed by atoms with E-state index in [4.69, 9.17) is 9.47 Å². The van der Waals surface area contributed by atoms with Crippen molar-refractivity contribution in [3.63, 3.8) is 0 Å². The second kappa shape index (κ2) is 6.64. The van der Waals surface area contributed by atoms with Crippen LogP contribution in [0, 0.1) is 6.92 Å². The third-order valence-electron chi connectivity index (χ3n) is 3.19. The van der Waals surface area contributed by atoms with Gasteiger partial charge >= 0.3 is 0 Å². The molecule has 0 saturated carbocycles. The Kier molecular flexibility index (Phi) is 5.11. The first kappa shape index (κ1) is 15.4. The highest BCUT2D eigenvalue weighted by Crippen LogP contribution is 2.39. The van der Waals surface area contributed by atoms with Gasteiger partial charge in [-0.25, -0.2) is 0 Å². The van der Waals surface area contributed by atoms with Crippen LogP contribution >= 0.6 is 31.9 Å². The van der Waals surface area contributed by atoms with Crippen molar-refractivity contribution >= 4 is 31.9 Å². The summed E-state index contributed by atoms with van der Waals surface area (Å²) in [6.07, 6.45) is 0. The van der Waals surface area contributed by atoms with Gasteiger partial charge in [-0.2, -0.15) is 0 Å². The molecular weight excluding hydrogens is 384 g/mol. The molecule has 0 amide bonds. The van der Waals surface area contributed by atoms with E-state index in [-0.39, 0.29) is 4.83 Å². The van der Waals surface area contributed by atoms with E-state index < -0.39 is 0 Å². The van der Waals surface area contributed by atoms with Crippen molar-refractivity contribution in [1.29, 1.82) is 0 Å². The Labute approximate surface area is 136 Å². The van der Waals surface area contributed by atoms with E-state index in [1.165, 1.54) is 11.1 Å². The molecule has 4 heteroatoms. The zero-order valence-corrected chi connectivity index (χ0v) is 14.8. The SMILES string of the molecule is COc1ccc(C(Br)c2cccc(C)c2Br)cc1OC. The van der Waals surface area contributed by atoms with Gasteiger partial charge in [-0.15, -0.1) is 0 Å². The Balaban J connectivity index is 2.43. The van der Waals surface area contributed by atoms with E-state index in [1.54, 1.807) is 14.2 Å². The predicted octanol–water partition coefficient (Wildman–Crippen LogP) is 5.26. The molecule has 1 atom stereocenters. The Bertz CT molecular complexity index is 611. The highest BCUT2D eigenvalue weighted by molar-refractivity contribution is 9.11. The molecule has 0 heterocycles. The van der Waals surface area contributed by atoms with Crippen LogP contribution < -0.4 is 9.47 Å². The Morgan fingerprint density at radius 2 is 1.70 bits per heavy atom. The van der Waals surface area contributed by atoms with E-state index in [1.807, 2.05) is 18.2 Å². The van der Waals surface area contributed by atoms with E-state index in [0.717, 1.165) is 21.5 Å². The van der Waals surface area contributed by atoms with Gasteiger partial charge < -0.3 is 9.47 Å². The number of hydrogen-bond donors (Lipinski definition) is 0. The van der Waals surface area contributed by atoms with Crippen molar-refractivity contribution in [3.8, 4) is 11.5 Å². The fraction of sp³-hybridized carbons (Fsp3) is 0.250. The summed E-state index contributed by atoms with van der Waals surface area (Å²) in [5, 5.41) is 0. The summed E-state index contributed by atoms with van der Waals surface area (Å²) in [6, 6.07) is 12.2. The number of benzene rings is 2. The summed E-state index contributed by atoms with van der Waals surface area (Å²) in [4.78, 5) is 0.0941. The summed E-state index contributed by atoms with van der Waals surface area (Å²) in [5.74, 6) is 1.47. The number of halogens is 2. The summed E-state index contributed by atoms with van der Waals surface area (Å²) in [6.45, 7) is 2.09. The van der Waals surface area contributed by atoms with Gasteiger partial charge in [-0.1, -0.05) is 56.1 Å². The fourth-order valence-corrected chi connectivity index (χ4v) is 3.52. The second-order valence-corrected chi connectivity index (χ2v) is 6.16. The molecule has 20 heavy (non-hydrogen) atoms. The molecule has 2 nitrogen and oxygen atoms in total. The molecule has 0 spiro atoms. The largest absolute Gasteiger partial charge is 0.493 e. The van der Waals surface area contributed by atoms with Gasteiger partial charge in [0.2, 0.25) is 0 Å². The molecule has 0 aromatic heterocycles. The molecule has 0 aliphatic rings. The van der Waals surface area contributed by atoms with Gasteiger partial charge in [0.15, 0.2) is 11.5 Å². The molecule has 0 radical (unpaired) electrons. The summed E-state index contributed by atoms with van der Waals surface area (Å²) >= 11 is 7.42. The minimum absolute atomic E-state index is 0.0941. The van der Waals surface area contributed by atoms with Crippen molar-refractivity contribution in [2.75, 3.05) is 14.2 Å². The number of aryl methyl sites for hydroxylation is 1. The quantitative estimate of drug-likeness (QED) is 0.653. The van der Waals surface area contributed by atoms with E-state index >= 15 is 0 Å². The van der Waals surface area contributed by atoms with Crippen molar-refractivity contribution in [3.05, 3.63) is 57.6 Å². The lowest BCUT2D eigenvalue weighted by Crippen LogP contribution is -1.97. The third-order valence-corrected chi connectivity index (χ3v) is 5.30. The standard InChI is InChI=1S/C16H16Br2O2/c1-10-5-4-6-12(15(10)17)16(18)11-7-8-13(19-2)14(9-11)20-3/h4-9,16H,1-3H3. The monoisotopic (exact) mass is 398 g/mol. The van der Waals surface area contributed by atoms with Crippen LogP contribution in [0.5, 0.6) is 11.5 Å². The van der Waals surface area contributed by atoms with E-state index in [2.05, 4.69) is 57.0 Å². The Hall–Kier alpha value is -1.00. The van der Waals surface area contributed by atoms with Gasteiger partial charge in [0, 0.05) is 4.47 Å². The van der Waals surface area contributed by atoms with Gasteiger partial charge in [0.25, 0.3) is 0 Å². The normalized spacial score (nSPS) is 12.1. The summed E-state index contributed by atoms with van der Waals surface area (Å²) < 4.78 is 11.8. The Morgan fingerprint density at radius 3 is 2.35 bits per heavy atom. The van der Waals surface area contributed by atoms with Crippen LogP contribution in [-0.2, 0) is 0 Å². The van der Waals surface area contributed by atoms with Gasteiger partial charge in [-0.3, -0.25) is 0 Å². The topological polar surface area (TPSA) is 18.5 Å².